The quantitative estimate of drug-likeness (QED) is 0.604. The van der Waals surface area contributed by atoms with Crippen molar-refractivity contribution < 1.29 is 9.53 Å². The molecule has 0 radical (unpaired) electrons. The Kier molecular flexibility index (Phi) is 4.98. The van der Waals surface area contributed by atoms with Crippen molar-refractivity contribution in [3.63, 3.8) is 0 Å². The summed E-state index contributed by atoms with van der Waals surface area (Å²) in [6.07, 6.45) is 0. The molecule has 104 valence electrons. The monoisotopic (exact) mass is 365 g/mol. The molecule has 0 aromatic heterocycles. The van der Waals surface area contributed by atoms with E-state index < -0.39 is 0 Å². The van der Waals surface area contributed by atoms with E-state index in [-0.39, 0.29) is 17.8 Å². The highest BCUT2D eigenvalue weighted by Crippen LogP contribution is 2.33. The normalized spacial score (nSPS) is 22.6. The third-order valence-corrected chi connectivity index (χ3v) is 4.62. The van der Waals surface area contributed by atoms with E-state index in [9.17, 15) is 4.79 Å². The third-order valence-electron chi connectivity index (χ3n) is 3.36. The maximum Gasteiger partial charge on any atom is 0.310 e. The highest BCUT2D eigenvalue weighted by Gasteiger charge is 2.37. The molecule has 2 rings (SSSR count). The Morgan fingerprint density at radius 3 is 2.53 bits per heavy atom. The summed E-state index contributed by atoms with van der Waals surface area (Å²) < 4.78 is 4.86. The van der Waals surface area contributed by atoms with Gasteiger partial charge in [-0.3, -0.25) is 4.79 Å². The maximum absolute atomic E-state index is 11.8. The van der Waals surface area contributed by atoms with Gasteiger partial charge in [0.05, 0.1) is 13.0 Å². The predicted molar refractivity (Wildman–Crippen MR) is 81.5 cm³/mol. The number of benzene rings is 1. The standard InChI is InChI=1S/C13H14BrCl2NO2/c1-19-13(18)12-7-17(6-8(12)5-14)11-3-9(15)2-10(16)4-11/h2-4,8,12H,5-7H2,1H3. The van der Waals surface area contributed by atoms with Crippen LogP contribution in [-0.2, 0) is 9.53 Å². The van der Waals surface area contributed by atoms with Gasteiger partial charge in [-0.1, -0.05) is 39.1 Å². The van der Waals surface area contributed by atoms with Gasteiger partial charge < -0.3 is 9.64 Å². The van der Waals surface area contributed by atoms with Crippen molar-refractivity contribution in [2.24, 2.45) is 11.8 Å². The molecule has 19 heavy (non-hydrogen) atoms. The van der Waals surface area contributed by atoms with E-state index in [0.717, 1.165) is 17.6 Å². The van der Waals surface area contributed by atoms with Gasteiger partial charge in [0, 0.05) is 40.1 Å². The van der Waals surface area contributed by atoms with Crippen LogP contribution in [0.1, 0.15) is 0 Å². The van der Waals surface area contributed by atoms with Crippen molar-refractivity contribution in [2.45, 2.75) is 0 Å². The summed E-state index contributed by atoms with van der Waals surface area (Å²) >= 11 is 15.5. The molecule has 1 saturated heterocycles. The minimum Gasteiger partial charge on any atom is -0.469 e. The minimum atomic E-state index is -0.167. The number of rotatable bonds is 3. The number of methoxy groups -OCH3 is 1. The van der Waals surface area contributed by atoms with Gasteiger partial charge in [0.2, 0.25) is 0 Å². The van der Waals surface area contributed by atoms with Crippen molar-refractivity contribution in [1.82, 2.24) is 0 Å². The SMILES string of the molecule is COC(=O)C1CN(c2cc(Cl)cc(Cl)c2)CC1CBr. The summed E-state index contributed by atoms with van der Waals surface area (Å²) in [5.41, 5.74) is 0.940. The molecule has 3 nitrogen and oxygen atoms in total. The summed E-state index contributed by atoms with van der Waals surface area (Å²) in [6, 6.07) is 5.42. The van der Waals surface area contributed by atoms with Gasteiger partial charge in [-0.15, -0.1) is 0 Å². The molecule has 1 fully saturated rings. The summed E-state index contributed by atoms with van der Waals surface area (Å²) in [7, 11) is 1.42. The molecular weight excluding hydrogens is 353 g/mol. The maximum atomic E-state index is 11.8. The number of halogens is 3. The van der Waals surface area contributed by atoms with Gasteiger partial charge in [0.15, 0.2) is 0 Å². The number of hydrogen-bond donors (Lipinski definition) is 0. The summed E-state index contributed by atoms with van der Waals surface area (Å²) in [5.74, 6) is -0.0626. The molecule has 1 aromatic carbocycles. The lowest BCUT2D eigenvalue weighted by atomic mass is 9.99. The molecule has 1 aliphatic rings. The largest absolute Gasteiger partial charge is 0.469 e. The number of nitrogens with zero attached hydrogens (tertiary/aromatic N) is 1. The van der Waals surface area contributed by atoms with Crippen LogP contribution in [0.15, 0.2) is 18.2 Å². The van der Waals surface area contributed by atoms with E-state index in [1.165, 1.54) is 7.11 Å². The summed E-state index contributed by atoms with van der Waals surface area (Å²) in [5, 5.41) is 1.95. The molecule has 1 aliphatic heterocycles. The van der Waals surface area contributed by atoms with Gasteiger partial charge in [0.1, 0.15) is 0 Å². The average Bonchev–Trinajstić information content (AvgIpc) is 2.80. The van der Waals surface area contributed by atoms with Crippen LogP contribution < -0.4 is 4.90 Å². The number of alkyl halides is 1. The van der Waals surface area contributed by atoms with E-state index in [0.29, 0.717) is 16.6 Å². The lowest BCUT2D eigenvalue weighted by Gasteiger charge is -2.19. The topological polar surface area (TPSA) is 29.5 Å². The molecule has 2 atom stereocenters. The van der Waals surface area contributed by atoms with E-state index in [2.05, 4.69) is 20.8 Å². The molecule has 0 bridgehead atoms. The Balaban J connectivity index is 2.21. The van der Waals surface area contributed by atoms with Gasteiger partial charge >= 0.3 is 5.97 Å². The van der Waals surface area contributed by atoms with E-state index in [4.69, 9.17) is 27.9 Å². The van der Waals surface area contributed by atoms with Crippen LogP contribution >= 0.6 is 39.1 Å². The minimum absolute atomic E-state index is 0.123. The molecule has 0 amide bonds. The molecule has 0 spiro atoms. The predicted octanol–water partition coefficient (Wildman–Crippen LogP) is 3.61. The molecule has 2 unspecified atom stereocenters. The molecular formula is C13H14BrCl2NO2. The molecule has 0 N–H and O–H groups in total. The van der Waals surface area contributed by atoms with E-state index >= 15 is 0 Å². The van der Waals surface area contributed by atoms with Crippen LogP contribution in [0.5, 0.6) is 0 Å². The molecule has 1 heterocycles. The smallest absolute Gasteiger partial charge is 0.310 e. The van der Waals surface area contributed by atoms with Crippen LogP contribution in [0.25, 0.3) is 0 Å². The number of carbonyl (C=O) groups excluding carboxylic acids is 1. The second-order valence-corrected chi connectivity index (χ2v) is 6.10. The van der Waals surface area contributed by atoms with Crippen molar-refractivity contribution >= 4 is 50.8 Å². The number of hydrogen-bond acceptors (Lipinski definition) is 3. The van der Waals surface area contributed by atoms with Crippen molar-refractivity contribution in [3.05, 3.63) is 28.2 Å². The number of anilines is 1. The Bertz CT molecular complexity index is 463. The fraction of sp³-hybridized carbons (Fsp3) is 0.462. The second kappa shape index (κ2) is 6.33. The Labute approximate surface area is 130 Å². The lowest BCUT2D eigenvalue weighted by Crippen LogP contribution is -2.25. The average molecular weight is 367 g/mol. The van der Waals surface area contributed by atoms with Crippen LogP contribution in [0.3, 0.4) is 0 Å². The van der Waals surface area contributed by atoms with Crippen molar-refractivity contribution in [2.75, 3.05) is 30.4 Å². The molecule has 6 heteroatoms. The van der Waals surface area contributed by atoms with Crippen molar-refractivity contribution in [3.8, 4) is 0 Å². The highest BCUT2D eigenvalue weighted by molar-refractivity contribution is 9.09. The summed E-state index contributed by atoms with van der Waals surface area (Å²) in [4.78, 5) is 13.9. The zero-order valence-corrected chi connectivity index (χ0v) is 13.5. The number of ether oxygens (including phenoxy) is 1. The first-order valence-electron chi connectivity index (χ1n) is 5.90. The van der Waals surface area contributed by atoms with Crippen LogP contribution in [0.2, 0.25) is 10.0 Å². The Morgan fingerprint density at radius 1 is 1.37 bits per heavy atom. The molecule has 0 aliphatic carbocycles. The lowest BCUT2D eigenvalue weighted by molar-refractivity contribution is -0.145. The van der Waals surface area contributed by atoms with Gasteiger partial charge in [0.25, 0.3) is 0 Å². The Morgan fingerprint density at radius 2 is 2.00 bits per heavy atom. The summed E-state index contributed by atoms with van der Waals surface area (Å²) in [6.45, 7) is 1.40. The number of esters is 1. The van der Waals surface area contributed by atoms with Crippen LogP contribution in [-0.4, -0.2) is 31.5 Å². The first-order chi connectivity index (χ1) is 9.05. The molecule has 0 saturated carbocycles. The van der Waals surface area contributed by atoms with Gasteiger partial charge in [-0.2, -0.15) is 0 Å². The highest BCUT2D eigenvalue weighted by atomic mass is 79.9. The van der Waals surface area contributed by atoms with E-state index in [1.54, 1.807) is 6.07 Å². The number of carbonyl (C=O) groups is 1. The van der Waals surface area contributed by atoms with E-state index in [1.807, 2.05) is 12.1 Å². The van der Waals surface area contributed by atoms with Gasteiger partial charge in [-0.25, -0.2) is 0 Å². The van der Waals surface area contributed by atoms with Crippen molar-refractivity contribution in [1.29, 1.82) is 0 Å². The second-order valence-electron chi connectivity index (χ2n) is 4.58. The Hall–Kier alpha value is -0.450. The van der Waals surface area contributed by atoms with Crippen LogP contribution in [0.4, 0.5) is 5.69 Å². The molecule has 1 aromatic rings. The fourth-order valence-corrected chi connectivity index (χ4v) is 3.55. The zero-order chi connectivity index (χ0) is 14.0. The fourth-order valence-electron chi connectivity index (χ4n) is 2.38. The third kappa shape index (κ3) is 3.36. The van der Waals surface area contributed by atoms with Crippen LogP contribution in [0, 0.1) is 11.8 Å². The zero-order valence-electron chi connectivity index (χ0n) is 10.4. The first kappa shape index (κ1) is 14.9. The first-order valence-corrected chi connectivity index (χ1v) is 7.77. The van der Waals surface area contributed by atoms with Gasteiger partial charge in [-0.05, 0) is 18.2 Å².